The molecule has 0 saturated carbocycles. The molecule has 0 bridgehead atoms. The van der Waals surface area contributed by atoms with E-state index in [0.717, 1.165) is 41.3 Å². The van der Waals surface area contributed by atoms with Crippen molar-refractivity contribution >= 4 is 71.4 Å². The van der Waals surface area contributed by atoms with Crippen molar-refractivity contribution in [2.24, 2.45) is 0 Å². The number of para-hydroxylation sites is 1. The molecule has 0 unspecified atom stereocenters. The molecule has 24 heavy (non-hydrogen) atoms. The monoisotopic (exact) mass is 437 g/mol. The van der Waals surface area contributed by atoms with Crippen molar-refractivity contribution in [1.29, 1.82) is 0 Å². The summed E-state index contributed by atoms with van der Waals surface area (Å²) in [6, 6.07) is 9.36. The van der Waals surface area contributed by atoms with Gasteiger partial charge in [0.2, 0.25) is 0 Å². The highest BCUT2D eigenvalue weighted by atomic mass is 33.7. The number of nitrogens with zero attached hydrogens (tertiary/aromatic N) is 1. The van der Waals surface area contributed by atoms with Gasteiger partial charge in [0.25, 0.3) is 0 Å². The van der Waals surface area contributed by atoms with Gasteiger partial charge in [-0.15, -0.1) is 11.3 Å². The van der Waals surface area contributed by atoms with Crippen LogP contribution in [-0.4, -0.2) is 32.5 Å². The van der Waals surface area contributed by atoms with Crippen LogP contribution in [0.4, 0.5) is 0 Å². The van der Waals surface area contributed by atoms with E-state index < -0.39 is 8.56 Å². The van der Waals surface area contributed by atoms with E-state index in [0.29, 0.717) is 0 Å². The van der Waals surface area contributed by atoms with E-state index in [-0.39, 0.29) is 0 Å². The Morgan fingerprint density at radius 2 is 1.88 bits per heavy atom. The summed E-state index contributed by atoms with van der Waals surface area (Å²) in [5.41, 5.74) is 1.10. The largest absolute Gasteiger partial charge is 0.395 e. The highest BCUT2D eigenvalue weighted by Gasteiger charge is 2.29. The number of hydrogen-bond acceptors (Lipinski definition) is 8. The molecule has 0 atom stereocenters. The van der Waals surface area contributed by atoms with E-state index in [9.17, 15) is 0 Å². The summed E-state index contributed by atoms with van der Waals surface area (Å²) in [4.78, 5) is 4.63. The second kappa shape index (κ2) is 11.4. The van der Waals surface area contributed by atoms with Gasteiger partial charge in [-0.3, -0.25) is 0 Å². The number of hydrogen-bond donors (Lipinski definition) is 0. The van der Waals surface area contributed by atoms with Crippen LogP contribution >= 0.6 is 52.6 Å². The Kier molecular flexibility index (Phi) is 9.93. The molecule has 0 spiro atoms. The lowest BCUT2D eigenvalue weighted by molar-refractivity contribution is 0.189. The van der Waals surface area contributed by atoms with Gasteiger partial charge in [0.1, 0.15) is 0 Å². The molecule has 2 aromatic rings. The molecule has 0 amide bonds. The molecule has 134 valence electrons. The van der Waals surface area contributed by atoms with E-state index in [1.807, 2.05) is 40.5 Å². The van der Waals surface area contributed by atoms with Crippen LogP contribution < -0.4 is 0 Å². The Bertz CT molecular complexity index is 573. The molecule has 1 heterocycles. The molecule has 1 aromatic heterocycles. The maximum absolute atomic E-state index is 5.87. The molecule has 0 fully saturated rings. The number of fused-ring (bicyclic) bond motifs is 1. The van der Waals surface area contributed by atoms with Crippen LogP contribution in [0, 0.1) is 0 Å². The minimum absolute atomic E-state index is 0.749. The maximum atomic E-state index is 5.87. The van der Waals surface area contributed by atoms with Gasteiger partial charge in [-0.25, -0.2) is 4.98 Å². The maximum Gasteiger partial charge on any atom is 0.334 e. The summed E-state index contributed by atoms with van der Waals surface area (Å²) in [6.45, 7) is 7.77. The van der Waals surface area contributed by atoms with Crippen molar-refractivity contribution in [3.05, 3.63) is 24.3 Å². The zero-order valence-electron chi connectivity index (χ0n) is 14.1. The molecule has 0 radical (unpaired) electrons. The van der Waals surface area contributed by atoms with Crippen molar-refractivity contribution in [3.63, 3.8) is 0 Å². The molecule has 1 aromatic carbocycles. The van der Waals surface area contributed by atoms with Gasteiger partial charge in [0, 0.05) is 19.0 Å². The zero-order valence-corrected chi connectivity index (χ0v) is 19.2. The summed E-state index contributed by atoms with van der Waals surface area (Å²) in [5, 5.41) is 0. The smallest absolute Gasteiger partial charge is 0.334 e. The van der Waals surface area contributed by atoms with E-state index in [1.54, 1.807) is 32.0 Å². The van der Waals surface area contributed by atoms with Crippen LogP contribution in [-0.2, 0) is 8.85 Å². The van der Waals surface area contributed by atoms with Crippen molar-refractivity contribution in [2.75, 3.05) is 19.0 Å². The van der Waals surface area contributed by atoms with Crippen molar-refractivity contribution in [3.8, 4) is 0 Å². The molecule has 9 heteroatoms. The topological polar surface area (TPSA) is 31.4 Å². The van der Waals surface area contributed by atoms with Gasteiger partial charge in [0.05, 0.1) is 10.2 Å². The first-order valence-corrected chi connectivity index (χ1v) is 16.3. The summed E-state index contributed by atoms with van der Waals surface area (Å²) in [5.74, 6) is 1.13. The number of thiazole rings is 1. The van der Waals surface area contributed by atoms with Crippen LogP contribution in [0.15, 0.2) is 28.6 Å². The third-order valence-corrected chi connectivity index (χ3v) is 13.9. The molecule has 3 nitrogen and oxygen atoms in total. The van der Waals surface area contributed by atoms with Crippen LogP contribution in [0.2, 0.25) is 12.6 Å². The number of aromatic nitrogens is 1. The second-order valence-corrected chi connectivity index (χ2v) is 15.7. The van der Waals surface area contributed by atoms with Gasteiger partial charge in [-0.2, -0.15) is 0 Å². The lowest BCUT2D eigenvalue weighted by Gasteiger charge is -2.25. The highest BCUT2D eigenvalue weighted by Crippen LogP contribution is 2.48. The van der Waals surface area contributed by atoms with Gasteiger partial charge >= 0.3 is 8.56 Å². The van der Waals surface area contributed by atoms with Gasteiger partial charge < -0.3 is 8.85 Å². The quantitative estimate of drug-likeness (QED) is 0.203. The minimum Gasteiger partial charge on any atom is -0.395 e. The lowest BCUT2D eigenvalue weighted by atomic mass is 10.3. The molecule has 0 saturated heterocycles. The first kappa shape index (κ1) is 21.0. The first-order valence-electron chi connectivity index (χ1n) is 7.93. The SMILES string of the molecule is CCO[Si](C)(CCCSSSSc1nc2ccccc2s1)OCC. The Morgan fingerprint density at radius 3 is 2.58 bits per heavy atom. The van der Waals surface area contributed by atoms with Crippen LogP contribution in [0.3, 0.4) is 0 Å². The Hall–Kier alpha value is 0.647. The van der Waals surface area contributed by atoms with E-state index in [4.69, 9.17) is 8.85 Å². The molecule has 2 rings (SSSR count). The fraction of sp³-hybridized carbons (Fsp3) is 0.533. The van der Waals surface area contributed by atoms with Gasteiger partial charge in [-0.1, -0.05) is 22.9 Å². The highest BCUT2D eigenvalue weighted by molar-refractivity contribution is 9.26. The molecule has 0 aliphatic carbocycles. The lowest BCUT2D eigenvalue weighted by Crippen LogP contribution is -2.38. The third-order valence-electron chi connectivity index (χ3n) is 3.21. The summed E-state index contributed by atoms with van der Waals surface area (Å²) < 4.78 is 14.1. The molecular formula is C15H23NO2S5Si. The molecule has 0 aliphatic rings. The fourth-order valence-corrected chi connectivity index (χ4v) is 12.2. The summed E-state index contributed by atoms with van der Waals surface area (Å²) in [6.07, 6.45) is 1.15. The molecular weight excluding hydrogens is 415 g/mol. The molecule has 0 N–H and O–H groups in total. The van der Waals surface area contributed by atoms with E-state index in [2.05, 4.69) is 29.7 Å². The van der Waals surface area contributed by atoms with Crippen LogP contribution in [0.5, 0.6) is 0 Å². The minimum atomic E-state index is -1.93. The van der Waals surface area contributed by atoms with Crippen molar-refractivity contribution in [2.45, 2.75) is 37.2 Å². The van der Waals surface area contributed by atoms with Gasteiger partial charge in [0.15, 0.2) is 4.34 Å². The average Bonchev–Trinajstić information content (AvgIpc) is 2.97. The number of rotatable bonds is 12. The summed E-state index contributed by atoms with van der Waals surface area (Å²) >= 11 is 1.76. The van der Waals surface area contributed by atoms with E-state index >= 15 is 0 Å². The second-order valence-electron chi connectivity index (χ2n) is 5.09. The zero-order chi connectivity index (χ0) is 17.3. The average molecular weight is 438 g/mol. The Labute approximate surface area is 164 Å². The Balaban J connectivity index is 1.59. The summed E-state index contributed by atoms with van der Waals surface area (Å²) in [7, 11) is 5.35. The first-order chi connectivity index (χ1) is 11.7. The fourth-order valence-electron chi connectivity index (χ4n) is 2.23. The van der Waals surface area contributed by atoms with Crippen molar-refractivity contribution in [1.82, 2.24) is 4.98 Å². The molecule has 0 aliphatic heterocycles. The standard InChI is InChI=1S/C15H23NO2S5Si/c1-4-17-24(3,18-5-2)12-8-11-19-22-23-21-15-16-13-9-6-7-10-14(13)20-15/h6-7,9-10H,4-5,8,11-12H2,1-3H3. The van der Waals surface area contributed by atoms with Gasteiger partial charge in [-0.05, 0) is 75.4 Å². The third kappa shape index (κ3) is 7.11. The normalized spacial score (nSPS) is 12.1. The van der Waals surface area contributed by atoms with E-state index in [1.165, 1.54) is 4.70 Å². The number of benzene rings is 1. The van der Waals surface area contributed by atoms with Crippen molar-refractivity contribution < 1.29 is 8.85 Å². The van der Waals surface area contributed by atoms with Crippen LogP contribution in [0.1, 0.15) is 20.3 Å². The Morgan fingerprint density at radius 1 is 1.12 bits per heavy atom. The predicted molar refractivity (Wildman–Crippen MR) is 117 cm³/mol. The predicted octanol–water partition coefficient (Wildman–Crippen LogP) is 6.87. The van der Waals surface area contributed by atoms with Crippen LogP contribution in [0.25, 0.3) is 10.2 Å².